The van der Waals surface area contributed by atoms with E-state index in [1.165, 1.54) is 0 Å². The van der Waals surface area contributed by atoms with Crippen LogP contribution in [0.5, 0.6) is 0 Å². The molecule has 0 aliphatic carbocycles. The van der Waals surface area contributed by atoms with E-state index in [0.717, 1.165) is 25.9 Å². The van der Waals surface area contributed by atoms with E-state index in [-0.39, 0.29) is 12.6 Å². The standard InChI is InChI=1S/C10H22F2N2/c1-4-6-13-7-9(5-2)14(3)8-10(11)12/h9-10,13H,4-8H2,1-3H3. The van der Waals surface area contributed by atoms with Crippen molar-refractivity contribution in [1.29, 1.82) is 0 Å². The maximum Gasteiger partial charge on any atom is 0.251 e. The lowest BCUT2D eigenvalue weighted by atomic mass is 10.2. The quantitative estimate of drug-likeness (QED) is 0.613. The van der Waals surface area contributed by atoms with Crippen LogP contribution in [0.15, 0.2) is 0 Å². The number of hydrogen-bond acceptors (Lipinski definition) is 2. The zero-order valence-corrected chi connectivity index (χ0v) is 9.39. The monoisotopic (exact) mass is 208 g/mol. The molecule has 86 valence electrons. The van der Waals surface area contributed by atoms with E-state index in [1.54, 1.807) is 11.9 Å². The summed E-state index contributed by atoms with van der Waals surface area (Å²) in [6.45, 7) is 5.75. The topological polar surface area (TPSA) is 15.3 Å². The number of nitrogens with one attached hydrogen (secondary N) is 1. The van der Waals surface area contributed by atoms with Crippen molar-refractivity contribution in [2.75, 3.05) is 26.7 Å². The lowest BCUT2D eigenvalue weighted by Gasteiger charge is -2.26. The second kappa shape index (κ2) is 8.12. The van der Waals surface area contributed by atoms with Gasteiger partial charge < -0.3 is 5.32 Å². The Bertz CT molecular complexity index is 131. The van der Waals surface area contributed by atoms with Crippen molar-refractivity contribution >= 4 is 0 Å². The van der Waals surface area contributed by atoms with Crippen molar-refractivity contribution in [3.8, 4) is 0 Å². The zero-order valence-electron chi connectivity index (χ0n) is 9.39. The van der Waals surface area contributed by atoms with Gasteiger partial charge in [0.05, 0.1) is 6.54 Å². The second-order valence-electron chi connectivity index (χ2n) is 3.60. The predicted molar refractivity (Wildman–Crippen MR) is 55.9 cm³/mol. The van der Waals surface area contributed by atoms with Crippen molar-refractivity contribution in [2.45, 2.75) is 39.2 Å². The minimum absolute atomic E-state index is 0.133. The van der Waals surface area contributed by atoms with Gasteiger partial charge >= 0.3 is 0 Å². The number of nitrogens with zero attached hydrogens (tertiary/aromatic N) is 1. The Morgan fingerprint density at radius 1 is 1.29 bits per heavy atom. The van der Waals surface area contributed by atoms with Crippen LogP contribution in [-0.2, 0) is 0 Å². The molecular formula is C10H22F2N2. The molecule has 1 unspecified atom stereocenters. The van der Waals surface area contributed by atoms with Crippen LogP contribution in [-0.4, -0.2) is 44.0 Å². The molecule has 0 aliphatic rings. The first kappa shape index (κ1) is 13.8. The summed E-state index contributed by atoms with van der Waals surface area (Å²) in [6.07, 6.45) is -0.255. The number of rotatable bonds is 8. The summed E-state index contributed by atoms with van der Waals surface area (Å²) in [7, 11) is 1.76. The fourth-order valence-electron chi connectivity index (χ4n) is 1.42. The molecule has 0 amide bonds. The van der Waals surface area contributed by atoms with E-state index in [0.29, 0.717) is 0 Å². The van der Waals surface area contributed by atoms with Crippen molar-refractivity contribution in [1.82, 2.24) is 10.2 Å². The van der Waals surface area contributed by atoms with Gasteiger partial charge in [0.2, 0.25) is 0 Å². The molecule has 0 saturated carbocycles. The normalized spacial score (nSPS) is 13.9. The number of hydrogen-bond donors (Lipinski definition) is 1. The Kier molecular flexibility index (Phi) is 7.99. The van der Waals surface area contributed by atoms with Crippen LogP contribution in [0.3, 0.4) is 0 Å². The summed E-state index contributed by atoms with van der Waals surface area (Å²) in [5.74, 6) is 0. The number of likely N-dealkylation sites (N-methyl/N-ethyl adjacent to an activating group) is 1. The van der Waals surface area contributed by atoms with Gasteiger partial charge in [0, 0.05) is 12.6 Å². The molecule has 14 heavy (non-hydrogen) atoms. The third kappa shape index (κ3) is 6.27. The predicted octanol–water partition coefficient (Wildman–Crippen LogP) is 1.96. The largest absolute Gasteiger partial charge is 0.315 e. The van der Waals surface area contributed by atoms with Crippen LogP contribution < -0.4 is 5.32 Å². The minimum atomic E-state index is -2.24. The van der Waals surface area contributed by atoms with E-state index in [4.69, 9.17) is 0 Å². The van der Waals surface area contributed by atoms with Gasteiger partial charge in [-0.15, -0.1) is 0 Å². The third-order valence-corrected chi connectivity index (χ3v) is 2.33. The molecule has 2 nitrogen and oxygen atoms in total. The number of alkyl halides is 2. The van der Waals surface area contributed by atoms with Crippen LogP contribution in [0, 0.1) is 0 Å². The molecule has 0 fully saturated rings. The van der Waals surface area contributed by atoms with Crippen LogP contribution in [0.25, 0.3) is 0 Å². The van der Waals surface area contributed by atoms with Crippen LogP contribution >= 0.6 is 0 Å². The molecule has 0 spiro atoms. The average molecular weight is 208 g/mol. The zero-order chi connectivity index (χ0) is 11.0. The molecule has 0 aromatic heterocycles. The lowest BCUT2D eigenvalue weighted by molar-refractivity contribution is 0.0794. The van der Waals surface area contributed by atoms with Crippen molar-refractivity contribution in [2.24, 2.45) is 0 Å². The summed E-state index contributed by atoms with van der Waals surface area (Å²) >= 11 is 0. The highest BCUT2D eigenvalue weighted by molar-refractivity contribution is 4.70. The third-order valence-electron chi connectivity index (χ3n) is 2.33. The van der Waals surface area contributed by atoms with E-state index in [1.807, 2.05) is 6.92 Å². The molecule has 0 aromatic rings. The fraction of sp³-hybridized carbons (Fsp3) is 1.00. The molecule has 0 radical (unpaired) electrons. The molecule has 0 heterocycles. The average Bonchev–Trinajstić information content (AvgIpc) is 2.11. The summed E-state index contributed by atoms with van der Waals surface area (Å²) in [4.78, 5) is 1.73. The summed E-state index contributed by atoms with van der Waals surface area (Å²) in [5.41, 5.74) is 0. The van der Waals surface area contributed by atoms with Crippen LogP contribution in [0.1, 0.15) is 26.7 Å². The molecule has 0 bridgehead atoms. The minimum Gasteiger partial charge on any atom is -0.315 e. The Labute approximate surface area is 85.7 Å². The first-order valence-corrected chi connectivity index (χ1v) is 5.30. The molecule has 1 atom stereocenters. The van der Waals surface area contributed by atoms with Gasteiger partial charge in [0.25, 0.3) is 6.43 Å². The molecule has 1 N–H and O–H groups in total. The Hall–Kier alpha value is -0.220. The fourth-order valence-corrected chi connectivity index (χ4v) is 1.42. The van der Waals surface area contributed by atoms with Gasteiger partial charge in [-0.2, -0.15) is 0 Å². The van der Waals surface area contributed by atoms with Crippen LogP contribution in [0.2, 0.25) is 0 Å². The SMILES string of the molecule is CCCNCC(CC)N(C)CC(F)F. The maximum absolute atomic E-state index is 12.1. The van der Waals surface area contributed by atoms with Gasteiger partial charge in [0.15, 0.2) is 0 Å². The lowest BCUT2D eigenvalue weighted by Crippen LogP contribution is -2.42. The molecule has 0 saturated heterocycles. The number of halogens is 2. The highest BCUT2D eigenvalue weighted by atomic mass is 19.3. The Morgan fingerprint density at radius 3 is 2.36 bits per heavy atom. The Balaban J connectivity index is 3.74. The molecule has 0 rings (SSSR count). The van der Waals surface area contributed by atoms with E-state index < -0.39 is 6.43 Å². The van der Waals surface area contributed by atoms with Crippen molar-refractivity contribution < 1.29 is 8.78 Å². The summed E-state index contributed by atoms with van der Waals surface area (Å²) in [5, 5.41) is 3.25. The van der Waals surface area contributed by atoms with E-state index >= 15 is 0 Å². The molecule has 0 aromatic carbocycles. The second-order valence-corrected chi connectivity index (χ2v) is 3.60. The summed E-state index contributed by atoms with van der Waals surface area (Å²) < 4.78 is 24.2. The maximum atomic E-state index is 12.1. The van der Waals surface area contributed by atoms with Gasteiger partial charge in [-0.05, 0) is 26.4 Å². The van der Waals surface area contributed by atoms with Crippen molar-refractivity contribution in [3.63, 3.8) is 0 Å². The highest BCUT2D eigenvalue weighted by Crippen LogP contribution is 2.04. The van der Waals surface area contributed by atoms with Crippen molar-refractivity contribution in [3.05, 3.63) is 0 Å². The molecule has 4 heteroatoms. The molecular weight excluding hydrogens is 186 g/mol. The van der Waals surface area contributed by atoms with Gasteiger partial charge in [-0.1, -0.05) is 13.8 Å². The van der Waals surface area contributed by atoms with Gasteiger partial charge in [-0.25, -0.2) is 8.78 Å². The molecule has 0 aliphatic heterocycles. The van der Waals surface area contributed by atoms with E-state index in [9.17, 15) is 8.78 Å². The first-order valence-electron chi connectivity index (χ1n) is 5.30. The highest BCUT2D eigenvalue weighted by Gasteiger charge is 2.15. The van der Waals surface area contributed by atoms with Crippen LogP contribution in [0.4, 0.5) is 8.78 Å². The van der Waals surface area contributed by atoms with Gasteiger partial charge in [-0.3, -0.25) is 4.90 Å². The van der Waals surface area contributed by atoms with Gasteiger partial charge in [0.1, 0.15) is 0 Å². The van der Waals surface area contributed by atoms with E-state index in [2.05, 4.69) is 12.2 Å². The summed E-state index contributed by atoms with van der Waals surface area (Å²) in [6, 6.07) is 0.218. The first-order chi connectivity index (χ1) is 6.61. The smallest absolute Gasteiger partial charge is 0.251 e. The Morgan fingerprint density at radius 2 is 1.93 bits per heavy atom.